The standard InChI is InChI=1S/C24H27N3O2/c1-18-6-4-7-20(16-18)29-15-3-2-9-23(28)27-13-10-19(11-14-27)22-17-26-24-21(22)8-5-12-25-24/h4-8,10,12,16-17H,2-3,9,11,13-15H2,1H3,(H,25,26). The van der Waals surface area contributed by atoms with Crippen LogP contribution in [0.4, 0.5) is 0 Å². The number of nitrogens with zero attached hydrogens (tertiary/aromatic N) is 2. The average molecular weight is 389 g/mol. The van der Waals surface area contributed by atoms with Crippen LogP contribution in [0.3, 0.4) is 0 Å². The van der Waals surface area contributed by atoms with Crippen LogP contribution in [0.15, 0.2) is 54.9 Å². The molecular weight excluding hydrogens is 362 g/mol. The van der Waals surface area contributed by atoms with E-state index in [1.807, 2.05) is 35.4 Å². The predicted molar refractivity (Wildman–Crippen MR) is 116 cm³/mol. The number of aromatic nitrogens is 2. The summed E-state index contributed by atoms with van der Waals surface area (Å²) < 4.78 is 5.76. The molecule has 0 aliphatic carbocycles. The molecule has 2 aromatic heterocycles. The molecule has 4 rings (SSSR count). The zero-order valence-corrected chi connectivity index (χ0v) is 16.9. The molecule has 5 heteroatoms. The fourth-order valence-electron chi connectivity index (χ4n) is 3.79. The van der Waals surface area contributed by atoms with Gasteiger partial charge in [0.2, 0.25) is 5.91 Å². The highest BCUT2D eigenvalue weighted by molar-refractivity contribution is 5.91. The molecule has 5 nitrogen and oxygen atoms in total. The van der Waals surface area contributed by atoms with E-state index in [0.717, 1.165) is 42.6 Å². The highest BCUT2D eigenvalue weighted by atomic mass is 16.5. The largest absolute Gasteiger partial charge is 0.494 e. The summed E-state index contributed by atoms with van der Waals surface area (Å²) in [6, 6.07) is 12.1. The van der Waals surface area contributed by atoms with E-state index in [2.05, 4.69) is 35.1 Å². The molecule has 0 spiro atoms. The van der Waals surface area contributed by atoms with Gasteiger partial charge in [-0.05, 0) is 61.6 Å². The molecule has 150 valence electrons. The van der Waals surface area contributed by atoms with E-state index in [9.17, 15) is 4.79 Å². The minimum atomic E-state index is 0.233. The molecule has 0 bridgehead atoms. The smallest absolute Gasteiger partial charge is 0.222 e. The molecule has 0 radical (unpaired) electrons. The summed E-state index contributed by atoms with van der Waals surface area (Å²) in [4.78, 5) is 22.1. The summed E-state index contributed by atoms with van der Waals surface area (Å²) in [6.45, 7) is 4.16. The quantitative estimate of drug-likeness (QED) is 0.594. The Labute approximate surface area is 171 Å². The SMILES string of the molecule is Cc1cccc(OCCCCC(=O)N2CC=C(c3c[nH]c4ncccc34)CC2)c1. The molecule has 0 saturated carbocycles. The third-order valence-electron chi connectivity index (χ3n) is 5.40. The highest BCUT2D eigenvalue weighted by Gasteiger charge is 2.19. The van der Waals surface area contributed by atoms with E-state index in [0.29, 0.717) is 19.6 Å². The first-order valence-corrected chi connectivity index (χ1v) is 10.3. The Bertz CT molecular complexity index is 1020. The number of carbonyl (C=O) groups excluding carboxylic acids is 1. The van der Waals surface area contributed by atoms with Gasteiger partial charge in [-0.15, -0.1) is 0 Å². The van der Waals surface area contributed by atoms with Gasteiger partial charge in [0.25, 0.3) is 0 Å². The normalized spacial score (nSPS) is 14.1. The number of H-pyrrole nitrogens is 1. The molecule has 0 saturated heterocycles. The summed E-state index contributed by atoms with van der Waals surface area (Å²) >= 11 is 0. The number of rotatable bonds is 7. The number of fused-ring (bicyclic) bond motifs is 1. The third-order valence-corrected chi connectivity index (χ3v) is 5.40. The number of aromatic amines is 1. The Balaban J connectivity index is 1.22. The first-order chi connectivity index (χ1) is 14.2. The summed E-state index contributed by atoms with van der Waals surface area (Å²) in [5.74, 6) is 1.13. The van der Waals surface area contributed by atoms with Crippen molar-refractivity contribution in [3.05, 3.63) is 66.0 Å². The number of aryl methyl sites for hydroxylation is 1. The van der Waals surface area contributed by atoms with Gasteiger partial charge in [0, 0.05) is 42.9 Å². The molecule has 1 amide bonds. The lowest BCUT2D eigenvalue weighted by Crippen LogP contribution is -2.34. The van der Waals surface area contributed by atoms with E-state index in [1.165, 1.54) is 16.7 Å². The number of benzene rings is 1. The van der Waals surface area contributed by atoms with Crippen LogP contribution in [0.5, 0.6) is 5.75 Å². The second-order valence-electron chi connectivity index (χ2n) is 7.54. The molecule has 1 N–H and O–H groups in total. The van der Waals surface area contributed by atoms with Crippen LogP contribution in [0.25, 0.3) is 16.6 Å². The number of nitrogens with one attached hydrogen (secondary N) is 1. The minimum absolute atomic E-state index is 0.233. The second-order valence-corrected chi connectivity index (χ2v) is 7.54. The van der Waals surface area contributed by atoms with E-state index in [4.69, 9.17) is 4.74 Å². The lowest BCUT2D eigenvalue weighted by Gasteiger charge is -2.26. The van der Waals surface area contributed by atoms with Gasteiger partial charge in [-0.1, -0.05) is 18.2 Å². The van der Waals surface area contributed by atoms with E-state index in [1.54, 1.807) is 6.20 Å². The number of pyridine rings is 1. The molecular formula is C24H27N3O2. The molecule has 0 unspecified atom stereocenters. The van der Waals surface area contributed by atoms with Gasteiger partial charge in [-0.3, -0.25) is 4.79 Å². The Kier molecular flexibility index (Phi) is 5.94. The van der Waals surface area contributed by atoms with Crippen molar-refractivity contribution in [2.24, 2.45) is 0 Å². The number of hydrogen-bond donors (Lipinski definition) is 1. The van der Waals surface area contributed by atoms with Gasteiger partial charge in [0.1, 0.15) is 11.4 Å². The van der Waals surface area contributed by atoms with Crippen molar-refractivity contribution >= 4 is 22.5 Å². The lowest BCUT2D eigenvalue weighted by molar-refractivity contribution is -0.130. The van der Waals surface area contributed by atoms with Gasteiger partial charge < -0.3 is 14.6 Å². The molecule has 1 aliphatic heterocycles. The molecule has 1 aromatic carbocycles. The van der Waals surface area contributed by atoms with Crippen molar-refractivity contribution in [1.82, 2.24) is 14.9 Å². The van der Waals surface area contributed by atoms with Gasteiger partial charge in [0.05, 0.1) is 6.61 Å². The van der Waals surface area contributed by atoms with Crippen LogP contribution >= 0.6 is 0 Å². The maximum absolute atomic E-state index is 12.5. The van der Waals surface area contributed by atoms with Gasteiger partial charge in [-0.25, -0.2) is 4.98 Å². The predicted octanol–water partition coefficient (Wildman–Crippen LogP) is 4.74. The first-order valence-electron chi connectivity index (χ1n) is 10.3. The number of ether oxygens (including phenoxy) is 1. The molecule has 3 aromatic rings. The molecule has 3 heterocycles. The highest BCUT2D eigenvalue weighted by Crippen LogP contribution is 2.28. The summed E-state index contributed by atoms with van der Waals surface area (Å²) in [5, 5.41) is 1.15. The first kappa shape index (κ1) is 19.2. The van der Waals surface area contributed by atoms with Crippen LogP contribution in [0, 0.1) is 6.92 Å². The number of carbonyl (C=O) groups is 1. The summed E-state index contributed by atoms with van der Waals surface area (Å²) in [5.41, 5.74) is 4.60. The van der Waals surface area contributed by atoms with Crippen LogP contribution < -0.4 is 4.74 Å². The van der Waals surface area contributed by atoms with Crippen molar-refractivity contribution in [3.63, 3.8) is 0 Å². The fraction of sp³-hybridized carbons (Fsp3) is 0.333. The van der Waals surface area contributed by atoms with Crippen LogP contribution in [0.1, 0.15) is 36.8 Å². The van der Waals surface area contributed by atoms with Crippen LogP contribution in [-0.2, 0) is 4.79 Å². The zero-order valence-electron chi connectivity index (χ0n) is 16.9. The Morgan fingerprint density at radius 1 is 1.24 bits per heavy atom. The van der Waals surface area contributed by atoms with Crippen LogP contribution in [-0.4, -0.2) is 40.5 Å². The van der Waals surface area contributed by atoms with Crippen molar-refractivity contribution < 1.29 is 9.53 Å². The van der Waals surface area contributed by atoms with E-state index < -0.39 is 0 Å². The minimum Gasteiger partial charge on any atom is -0.494 e. The Morgan fingerprint density at radius 3 is 3.00 bits per heavy atom. The molecule has 1 aliphatic rings. The van der Waals surface area contributed by atoms with Crippen LogP contribution in [0.2, 0.25) is 0 Å². The fourth-order valence-corrected chi connectivity index (χ4v) is 3.79. The van der Waals surface area contributed by atoms with Crippen molar-refractivity contribution in [3.8, 4) is 5.75 Å². The Hall–Kier alpha value is -3.08. The van der Waals surface area contributed by atoms with Gasteiger partial charge >= 0.3 is 0 Å². The Morgan fingerprint density at radius 2 is 2.17 bits per heavy atom. The van der Waals surface area contributed by atoms with Crippen molar-refractivity contribution in [2.45, 2.75) is 32.6 Å². The zero-order chi connectivity index (χ0) is 20.1. The maximum Gasteiger partial charge on any atom is 0.222 e. The maximum atomic E-state index is 12.5. The molecule has 0 fully saturated rings. The summed E-state index contributed by atoms with van der Waals surface area (Å²) in [7, 11) is 0. The van der Waals surface area contributed by atoms with E-state index >= 15 is 0 Å². The average Bonchev–Trinajstić information content (AvgIpc) is 3.18. The monoisotopic (exact) mass is 389 g/mol. The van der Waals surface area contributed by atoms with Gasteiger partial charge in [-0.2, -0.15) is 0 Å². The van der Waals surface area contributed by atoms with Gasteiger partial charge in [0.15, 0.2) is 0 Å². The number of unbranched alkanes of at least 4 members (excludes halogenated alkanes) is 1. The number of hydrogen-bond acceptors (Lipinski definition) is 3. The second kappa shape index (κ2) is 8.95. The molecule has 0 atom stereocenters. The van der Waals surface area contributed by atoms with Crippen molar-refractivity contribution in [1.29, 1.82) is 0 Å². The number of amides is 1. The molecule has 29 heavy (non-hydrogen) atoms. The third kappa shape index (κ3) is 4.67. The summed E-state index contributed by atoms with van der Waals surface area (Å²) in [6.07, 6.45) is 9.20. The van der Waals surface area contributed by atoms with E-state index in [-0.39, 0.29) is 5.91 Å². The topological polar surface area (TPSA) is 58.2 Å². The van der Waals surface area contributed by atoms with Crippen molar-refractivity contribution in [2.75, 3.05) is 19.7 Å². The lowest BCUT2D eigenvalue weighted by atomic mass is 9.99.